The quantitative estimate of drug-likeness (QED) is 0.799. The van der Waals surface area contributed by atoms with Crippen LogP contribution in [0.25, 0.3) is 0 Å². The average Bonchev–Trinajstić information content (AvgIpc) is 2.79. The highest BCUT2D eigenvalue weighted by molar-refractivity contribution is 6.06. The second-order valence-electron chi connectivity index (χ2n) is 5.45. The number of aliphatic hydroxyl groups is 1. The summed E-state index contributed by atoms with van der Waals surface area (Å²) in [6.07, 6.45) is -4.63. The molecule has 0 aromatic heterocycles. The summed E-state index contributed by atoms with van der Waals surface area (Å²) in [5.74, 6) is -0.871. The number of alkyl halides is 3. The van der Waals surface area contributed by atoms with E-state index in [4.69, 9.17) is 0 Å². The second kappa shape index (κ2) is 4.77. The van der Waals surface area contributed by atoms with Crippen molar-refractivity contribution >= 4 is 11.8 Å². The van der Waals surface area contributed by atoms with Gasteiger partial charge >= 0.3 is 6.18 Å². The molecule has 2 amide bonds. The Morgan fingerprint density at radius 3 is 2.37 bits per heavy atom. The first-order valence-corrected chi connectivity index (χ1v) is 6.33. The first kappa shape index (κ1) is 14.3. The van der Waals surface area contributed by atoms with E-state index >= 15 is 0 Å². The highest BCUT2D eigenvalue weighted by atomic mass is 19.4. The molecule has 2 fully saturated rings. The maximum absolute atomic E-state index is 12.2. The predicted molar refractivity (Wildman–Crippen MR) is 58.9 cm³/mol. The molecular weight excluding hydrogens is 263 g/mol. The zero-order chi connectivity index (χ0) is 14.3. The second-order valence-corrected chi connectivity index (χ2v) is 5.45. The maximum Gasteiger partial charge on any atom is 0.391 e. The predicted octanol–water partition coefficient (Wildman–Crippen LogP) is 1.62. The van der Waals surface area contributed by atoms with Gasteiger partial charge < -0.3 is 5.11 Å². The zero-order valence-corrected chi connectivity index (χ0v) is 10.4. The van der Waals surface area contributed by atoms with E-state index in [0.717, 1.165) is 17.7 Å². The summed E-state index contributed by atoms with van der Waals surface area (Å²) < 4.78 is 36.4. The Hall–Kier alpha value is -1.11. The lowest BCUT2D eigenvalue weighted by Crippen LogP contribution is -2.40. The van der Waals surface area contributed by atoms with Crippen molar-refractivity contribution in [3.8, 4) is 0 Å². The minimum atomic E-state index is -4.50. The van der Waals surface area contributed by atoms with E-state index in [1.807, 2.05) is 0 Å². The first-order chi connectivity index (χ1) is 8.73. The number of hydrogen-bond acceptors (Lipinski definition) is 3. The molecule has 1 saturated heterocycles. The topological polar surface area (TPSA) is 57.6 Å². The summed E-state index contributed by atoms with van der Waals surface area (Å²) in [7, 11) is 0. The number of carbonyl (C=O) groups is 2. The van der Waals surface area contributed by atoms with Crippen molar-refractivity contribution in [1.29, 1.82) is 0 Å². The number of likely N-dealkylation sites (tertiary alicyclic amines) is 1. The third-order valence-electron chi connectivity index (χ3n) is 3.91. The van der Waals surface area contributed by atoms with Crippen LogP contribution in [0.4, 0.5) is 13.2 Å². The third-order valence-corrected chi connectivity index (χ3v) is 3.91. The Morgan fingerprint density at radius 1 is 1.26 bits per heavy atom. The van der Waals surface area contributed by atoms with Gasteiger partial charge in [-0.1, -0.05) is 12.8 Å². The summed E-state index contributed by atoms with van der Waals surface area (Å²) in [4.78, 5) is 24.7. The monoisotopic (exact) mass is 279 g/mol. The van der Waals surface area contributed by atoms with E-state index in [1.54, 1.807) is 0 Å². The fourth-order valence-corrected chi connectivity index (χ4v) is 3.03. The largest absolute Gasteiger partial charge is 0.391 e. The molecule has 1 aliphatic carbocycles. The number of carbonyl (C=O) groups excluding carboxylic acids is 2. The van der Waals surface area contributed by atoms with Gasteiger partial charge in [-0.05, 0) is 12.8 Å². The van der Waals surface area contributed by atoms with Crippen LogP contribution < -0.4 is 0 Å². The lowest BCUT2D eigenvalue weighted by Gasteiger charge is -2.23. The van der Waals surface area contributed by atoms with Crippen LogP contribution in [0.1, 0.15) is 38.5 Å². The van der Waals surface area contributed by atoms with Gasteiger partial charge in [-0.15, -0.1) is 0 Å². The van der Waals surface area contributed by atoms with Crippen LogP contribution in [0.15, 0.2) is 0 Å². The smallest absolute Gasteiger partial charge is 0.391 e. The average molecular weight is 279 g/mol. The van der Waals surface area contributed by atoms with Gasteiger partial charge in [0, 0.05) is 6.42 Å². The van der Waals surface area contributed by atoms with Gasteiger partial charge in [0.15, 0.2) is 0 Å². The van der Waals surface area contributed by atoms with Gasteiger partial charge in [0.1, 0.15) is 0 Å². The number of nitrogens with zero attached hydrogens (tertiary/aromatic N) is 1. The Balaban J connectivity index is 2.01. The maximum atomic E-state index is 12.2. The van der Waals surface area contributed by atoms with Crippen molar-refractivity contribution in [2.24, 2.45) is 5.41 Å². The molecule has 0 aromatic carbocycles. The lowest BCUT2D eigenvalue weighted by atomic mass is 9.84. The van der Waals surface area contributed by atoms with Crippen LogP contribution in [0, 0.1) is 5.41 Å². The minimum absolute atomic E-state index is 0.0740. The molecule has 1 saturated carbocycles. The molecule has 0 aromatic rings. The number of halogens is 3. The van der Waals surface area contributed by atoms with Crippen LogP contribution in [-0.2, 0) is 9.59 Å². The molecule has 0 bridgehead atoms. The van der Waals surface area contributed by atoms with E-state index in [9.17, 15) is 27.9 Å². The fraction of sp³-hybridized carbons (Fsp3) is 0.833. The number of hydrogen-bond donors (Lipinski definition) is 1. The van der Waals surface area contributed by atoms with E-state index in [-0.39, 0.29) is 6.42 Å². The molecule has 19 heavy (non-hydrogen) atoms. The third kappa shape index (κ3) is 2.91. The molecular formula is C12H16F3NO3. The fourth-order valence-electron chi connectivity index (χ4n) is 3.03. The number of rotatable bonds is 3. The molecule has 1 spiro atoms. The standard InChI is InChI=1S/C12H16F3NO3/c13-12(14,15)5-8(17)7-16-9(18)6-11(10(16)19)3-1-2-4-11/h8,17H,1-7H2/t8-/m0/s1. The number of aliphatic hydroxyl groups excluding tert-OH is 1. The summed E-state index contributed by atoms with van der Waals surface area (Å²) in [6, 6.07) is 0. The number of β-amino-alcohol motifs (C(OH)–C–C–N with tert-alkyl or cyclic N) is 1. The molecule has 0 radical (unpaired) electrons. The Morgan fingerprint density at radius 2 is 1.84 bits per heavy atom. The van der Waals surface area contributed by atoms with Crippen LogP contribution in [0.3, 0.4) is 0 Å². The first-order valence-electron chi connectivity index (χ1n) is 6.33. The van der Waals surface area contributed by atoms with Crippen molar-refractivity contribution < 1.29 is 27.9 Å². The minimum Gasteiger partial charge on any atom is -0.391 e. The Labute approximate surface area is 108 Å². The molecule has 1 aliphatic heterocycles. The Bertz CT molecular complexity index is 388. The van der Waals surface area contributed by atoms with E-state index in [1.165, 1.54) is 0 Å². The highest BCUT2D eigenvalue weighted by Crippen LogP contribution is 2.46. The lowest BCUT2D eigenvalue weighted by molar-refractivity contribution is -0.160. The summed E-state index contributed by atoms with van der Waals surface area (Å²) in [5, 5.41) is 9.35. The molecule has 1 heterocycles. The summed E-state index contributed by atoms with van der Waals surface area (Å²) >= 11 is 0. The number of imide groups is 1. The van der Waals surface area contributed by atoms with Crippen molar-refractivity contribution in [2.75, 3.05) is 6.54 Å². The molecule has 7 heteroatoms. The Kier molecular flexibility index (Phi) is 3.59. The van der Waals surface area contributed by atoms with Crippen molar-refractivity contribution in [2.45, 2.75) is 50.8 Å². The van der Waals surface area contributed by atoms with Gasteiger partial charge in [-0.3, -0.25) is 14.5 Å². The van der Waals surface area contributed by atoms with Crippen LogP contribution >= 0.6 is 0 Å². The normalized spacial score (nSPS) is 24.5. The molecule has 2 aliphatic rings. The van der Waals surface area contributed by atoms with Gasteiger partial charge in [0.05, 0.1) is 24.5 Å². The zero-order valence-electron chi connectivity index (χ0n) is 10.4. The highest BCUT2D eigenvalue weighted by Gasteiger charge is 2.53. The van der Waals surface area contributed by atoms with Crippen molar-refractivity contribution in [3.63, 3.8) is 0 Å². The van der Waals surface area contributed by atoms with Crippen molar-refractivity contribution in [3.05, 3.63) is 0 Å². The molecule has 1 atom stereocenters. The molecule has 0 unspecified atom stereocenters. The van der Waals surface area contributed by atoms with Crippen LogP contribution in [0.2, 0.25) is 0 Å². The van der Waals surface area contributed by atoms with E-state index in [2.05, 4.69) is 0 Å². The van der Waals surface area contributed by atoms with Gasteiger partial charge in [0.2, 0.25) is 11.8 Å². The molecule has 108 valence electrons. The summed E-state index contributed by atoms with van der Waals surface area (Å²) in [6.45, 7) is -0.557. The molecule has 4 nitrogen and oxygen atoms in total. The van der Waals surface area contributed by atoms with Gasteiger partial charge in [-0.25, -0.2) is 0 Å². The molecule has 1 N–H and O–H groups in total. The number of amides is 2. The van der Waals surface area contributed by atoms with Gasteiger partial charge in [-0.2, -0.15) is 13.2 Å². The SMILES string of the molecule is O=C1CC2(CCCC2)C(=O)N1C[C@@H](O)CC(F)(F)F. The van der Waals surface area contributed by atoms with Gasteiger partial charge in [0.25, 0.3) is 0 Å². The van der Waals surface area contributed by atoms with E-state index in [0.29, 0.717) is 12.8 Å². The van der Waals surface area contributed by atoms with E-state index < -0.39 is 42.5 Å². The summed E-state index contributed by atoms with van der Waals surface area (Å²) in [5.41, 5.74) is -0.699. The van der Waals surface area contributed by atoms with Crippen molar-refractivity contribution in [1.82, 2.24) is 4.90 Å². The van der Waals surface area contributed by atoms with Crippen LogP contribution in [0.5, 0.6) is 0 Å². The van der Waals surface area contributed by atoms with Crippen LogP contribution in [-0.4, -0.2) is 40.6 Å². The molecule has 2 rings (SSSR count).